The minimum Gasteiger partial charge on any atom is -0.325 e. The fourth-order valence-electron chi connectivity index (χ4n) is 2.01. The Balaban J connectivity index is 1.64. The molecule has 1 amide bonds. The Morgan fingerprint density at radius 2 is 1.77 bits per heavy atom. The Morgan fingerprint density at radius 3 is 2.42 bits per heavy atom. The highest BCUT2D eigenvalue weighted by atomic mass is 35.5. The molecule has 134 valence electrons. The molecule has 4 nitrogen and oxygen atoms in total. The molecule has 0 fully saturated rings. The third kappa shape index (κ3) is 5.22. The zero-order valence-corrected chi connectivity index (χ0v) is 17.6. The number of thioether (sulfide) groups is 1. The highest BCUT2D eigenvalue weighted by molar-refractivity contribution is 8.01. The van der Waals surface area contributed by atoms with E-state index in [0.29, 0.717) is 29.0 Å². The number of carbonyl (C=O) groups is 1. The van der Waals surface area contributed by atoms with Crippen molar-refractivity contribution in [1.29, 1.82) is 0 Å². The Morgan fingerprint density at radius 1 is 1.12 bits per heavy atom. The fraction of sp³-hybridized carbons (Fsp3) is 0.0625. The largest absolute Gasteiger partial charge is 0.325 e. The van der Waals surface area contributed by atoms with Crippen molar-refractivity contribution in [2.75, 3.05) is 11.1 Å². The van der Waals surface area contributed by atoms with E-state index in [-0.39, 0.29) is 11.7 Å². The van der Waals surface area contributed by atoms with Crippen LogP contribution in [0.1, 0.15) is 0 Å². The number of nitrogens with one attached hydrogen (secondary N) is 1. The molecule has 2 aromatic carbocycles. The summed E-state index contributed by atoms with van der Waals surface area (Å²) in [6, 6.07) is 12.1. The molecule has 0 atom stereocenters. The van der Waals surface area contributed by atoms with E-state index in [1.807, 2.05) is 12.1 Å². The van der Waals surface area contributed by atoms with Gasteiger partial charge in [-0.1, -0.05) is 57.9 Å². The molecule has 26 heavy (non-hydrogen) atoms. The maximum Gasteiger partial charge on any atom is 0.234 e. The Labute approximate surface area is 178 Å². The summed E-state index contributed by atoms with van der Waals surface area (Å²) in [5, 5.41) is 8.76. The van der Waals surface area contributed by atoms with Crippen molar-refractivity contribution in [2.45, 2.75) is 4.34 Å². The number of halogens is 3. The summed E-state index contributed by atoms with van der Waals surface area (Å²) >= 11 is 25.7. The third-order valence-electron chi connectivity index (χ3n) is 3.07. The molecule has 0 aliphatic carbocycles. The quantitative estimate of drug-likeness (QED) is 0.354. The Hall–Kier alpha value is -1.09. The second kappa shape index (κ2) is 8.73. The van der Waals surface area contributed by atoms with Crippen LogP contribution in [0.5, 0.6) is 0 Å². The number of hydrogen-bond donors (Lipinski definition) is 1. The van der Waals surface area contributed by atoms with Crippen molar-refractivity contribution in [1.82, 2.24) is 9.78 Å². The zero-order valence-electron chi connectivity index (χ0n) is 12.9. The van der Waals surface area contributed by atoms with Crippen molar-refractivity contribution >= 4 is 81.7 Å². The van der Waals surface area contributed by atoms with E-state index in [1.54, 1.807) is 35.0 Å². The third-order valence-corrected chi connectivity index (χ3v) is 6.13. The number of hydrogen-bond acceptors (Lipinski definition) is 5. The van der Waals surface area contributed by atoms with Gasteiger partial charge in [0, 0.05) is 20.8 Å². The van der Waals surface area contributed by atoms with E-state index in [9.17, 15) is 4.79 Å². The van der Waals surface area contributed by atoms with Gasteiger partial charge in [-0.05, 0) is 54.7 Å². The number of amides is 1. The van der Waals surface area contributed by atoms with Crippen molar-refractivity contribution in [3.8, 4) is 5.69 Å². The van der Waals surface area contributed by atoms with Gasteiger partial charge in [-0.15, -0.1) is 5.10 Å². The number of benzene rings is 2. The van der Waals surface area contributed by atoms with E-state index in [2.05, 4.69) is 10.4 Å². The molecule has 0 aliphatic heterocycles. The maximum absolute atomic E-state index is 12.1. The molecule has 10 heteroatoms. The molecule has 3 rings (SSSR count). The SMILES string of the molecule is O=C(CSc1nn(-c2ccc(Cl)cc2)c(=S)s1)Nc1cc(Cl)cc(Cl)c1. The van der Waals surface area contributed by atoms with Crippen LogP contribution in [0.15, 0.2) is 46.8 Å². The van der Waals surface area contributed by atoms with Crippen LogP contribution in [0.2, 0.25) is 15.1 Å². The van der Waals surface area contributed by atoms with Gasteiger partial charge >= 0.3 is 0 Å². The predicted octanol–water partition coefficient (Wildman–Crippen LogP) is 6.35. The van der Waals surface area contributed by atoms with Gasteiger partial charge in [-0.3, -0.25) is 4.79 Å². The molecule has 0 saturated heterocycles. The number of aromatic nitrogens is 2. The van der Waals surface area contributed by atoms with Crippen molar-refractivity contribution < 1.29 is 4.79 Å². The summed E-state index contributed by atoms with van der Waals surface area (Å²) in [4.78, 5) is 12.1. The normalized spacial score (nSPS) is 10.7. The summed E-state index contributed by atoms with van der Waals surface area (Å²) in [6.45, 7) is 0. The molecular formula is C16H10Cl3N3OS3. The Kier molecular flexibility index (Phi) is 6.60. The van der Waals surface area contributed by atoms with Gasteiger partial charge in [0.25, 0.3) is 0 Å². The summed E-state index contributed by atoms with van der Waals surface area (Å²) in [5.74, 6) is 0.0000316. The van der Waals surface area contributed by atoms with Gasteiger partial charge in [-0.2, -0.15) is 0 Å². The zero-order chi connectivity index (χ0) is 18.7. The van der Waals surface area contributed by atoms with E-state index < -0.39 is 0 Å². The first kappa shape index (κ1) is 19.7. The van der Waals surface area contributed by atoms with E-state index in [4.69, 9.17) is 47.0 Å². The van der Waals surface area contributed by atoms with Gasteiger partial charge < -0.3 is 5.32 Å². The molecule has 0 saturated carbocycles. The Bertz CT molecular complexity index is 982. The first-order chi connectivity index (χ1) is 12.4. The van der Waals surface area contributed by atoms with Crippen LogP contribution in [0.3, 0.4) is 0 Å². The van der Waals surface area contributed by atoms with Crippen LogP contribution in [0.4, 0.5) is 5.69 Å². The number of rotatable bonds is 5. The van der Waals surface area contributed by atoms with E-state index in [0.717, 1.165) is 5.69 Å². The van der Waals surface area contributed by atoms with E-state index in [1.165, 1.54) is 23.1 Å². The summed E-state index contributed by atoms with van der Waals surface area (Å²) in [7, 11) is 0. The molecule has 0 radical (unpaired) electrons. The second-order valence-corrected chi connectivity index (χ2v) is 9.17. The second-order valence-electron chi connectivity index (χ2n) is 5.02. The van der Waals surface area contributed by atoms with Crippen molar-refractivity contribution in [3.05, 3.63) is 61.5 Å². The van der Waals surface area contributed by atoms with Gasteiger partial charge in [0.15, 0.2) is 8.29 Å². The standard InChI is InChI=1S/C16H10Cl3N3OS3/c17-9-1-3-13(4-2-9)22-16(24)26-15(21-22)25-8-14(23)20-12-6-10(18)5-11(19)7-12/h1-7H,8H2,(H,20,23). The van der Waals surface area contributed by atoms with Gasteiger partial charge in [-0.25, -0.2) is 4.68 Å². The van der Waals surface area contributed by atoms with Crippen LogP contribution in [0.25, 0.3) is 5.69 Å². The highest BCUT2D eigenvalue weighted by Gasteiger charge is 2.10. The molecule has 3 aromatic rings. The number of anilines is 1. The average Bonchev–Trinajstić information content (AvgIpc) is 2.94. The van der Waals surface area contributed by atoms with Crippen LogP contribution < -0.4 is 5.32 Å². The van der Waals surface area contributed by atoms with Crippen molar-refractivity contribution in [2.24, 2.45) is 0 Å². The summed E-state index contributed by atoms with van der Waals surface area (Å²) < 4.78 is 2.94. The lowest BCUT2D eigenvalue weighted by Crippen LogP contribution is -2.14. The summed E-state index contributed by atoms with van der Waals surface area (Å²) in [6.07, 6.45) is 0. The monoisotopic (exact) mass is 461 g/mol. The van der Waals surface area contributed by atoms with Gasteiger partial charge in [0.1, 0.15) is 0 Å². The molecule has 0 unspecified atom stereocenters. The first-order valence-corrected chi connectivity index (χ1v) is 10.5. The van der Waals surface area contributed by atoms with E-state index >= 15 is 0 Å². The first-order valence-electron chi connectivity index (χ1n) is 7.15. The van der Waals surface area contributed by atoms with Crippen molar-refractivity contribution in [3.63, 3.8) is 0 Å². The molecular weight excluding hydrogens is 453 g/mol. The number of nitrogens with zero attached hydrogens (tertiary/aromatic N) is 2. The average molecular weight is 463 g/mol. The minimum atomic E-state index is -0.188. The van der Waals surface area contributed by atoms with Crippen LogP contribution in [-0.4, -0.2) is 21.4 Å². The molecule has 0 bridgehead atoms. The molecule has 1 heterocycles. The smallest absolute Gasteiger partial charge is 0.234 e. The summed E-state index contributed by atoms with van der Waals surface area (Å²) in [5.41, 5.74) is 1.37. The molecule has 0 aliphatic rings. The molecule has 1 aromatic heterocycles. The molecule has 1 N–H and O–H groups in total. The lowest BCUT2D eigenvalue weighted by atomic mass is 10.3. The maximum atomic E-state index is 12.1. The van der Waals surface area contributed by atoms with Gasteiger partial charge in [0.05, 0.1) is 11.4 Å². The van der Waals surface area contributed by atoms with Crippen LogP contribution in [-0.2, 0) is 4.79 Å². The van der Waals surface area contributed by atoms with Crippen LogP contribution in [0, 0.1) is 3.95 Å². The van der Waals surface area contributed by atoms with Gasteiger partial charge in [0.2, 0.25) is 5.91 Å². The minimum absolute atomic E-state index is 0.188. The predicted molar refractivity (Wildman–Crippen MR) is 113 cm³/mol. The topological polar surface area (TPSA) is 46.9 Å². The molecule has 0 spiro atoms. The lowest BCUT2D eigenvalue weighted by Gasteiger charge is -2.05. The van der Waals surface area contributed by atoms with Crippen LogP contribution >= 0.6 is 70.1 Å². The fourth-order valence-corrected chi connectivity index (χ4v) is 4.83. The lowest BCUT2D eigenvalue weighted by molar-refractivity contribution is -0.113. The highest BCUT2D eigenvalue weighted by Crippen LogP contribution is 2.26. The number of carbonyl (C=O) groups excluding carboxylic acids is 1.